The lowest BCUT2D eigenvalue weighted by molar-refractivity contribution is -0.130. The van der Waals surface area contributed by atoms with Gasteiger partial charge in [-0.2, -0.15) is 5.10 Å². The second-order valence-electron chi connectivity index (χ2n) is 5.04. The van der Waals surface area contributed by atoms with E-state index in [0.717, 1.165) is 5.56 Å². The molecular formula is C17H15FN2O3. The summed E-state index contributed by atoms with van der Waals surface area (Å²) in [6.07, 6.45) is -0.769. The van der Waals surface area contributed by atoms with Gasteiger partial charge in [0.2, 0.25) is 6.10 Å². The lowest BCUT2D eigenvalue weighted by Gasteiger charge is -2.24. The Morgan fingerprint density at radius 1 is 1.17 bits per heavy atom. The molecule has 0 radical (unpaired) electrons. The largest absolute Gasteiger partial charge is 0.485 e. The van der Waals surface area contributed by atoms with Crippen LogP contribution in [0.3, 0.4) is 0 Å². The molecule has 2 aromatic rings. The van der Waals surface area contributed by atoms with E-state index in [1.54, 1.807) is 37.3 Å². The van der Waals surface area contributed by atoms with Crippen molar-refractivity contribution in [2.45, 2.75) is 13.0 Å². The molecule has 2 aromatic carbocycles. The average Bonchev–Trinajstić information content (AvgIpc) is 2.59. The summed E-state index contributed by atoms with van der Waals surface area (Å²) in [6.45, 7) is 1.84. The summed E-state index contributed by atoms with van der Waals surface area (Å²) in [5.41, 5.74) is 3.73. The minimum atomic E-state index is -0.769. The molecule has 0 unspecified atom stereocenters. The van der Waals surface area contributed by atoms with Crippen LogP contribution in [0.5, 0.6) is 11.5 Å². The van der Waals surface area contributed by atoms with Crippen LogP contribution in [0.2, 0.25) is 0 Å². The van der Waals surface area contributed by atoms with E-state index in [0.29, 0.717) is 17.2 Å². The first-order chi connectivity index (χ1) is 11.1. The standard InChI is InChI=1S/C17H15FN2O3/c1-11(12-6-8-13(18)9-7-12)19-20-17(21)16-10-22-14-4-2-3-5-15(14)23-16/h2-9,16H,10H2,1H3,(H,20,21)/t16-/m1/s1. The van der Waals surface area contributed by atoms with Gasteiger partial charge in [0.15, 0.2) is 11.5 Å². The van der Waals surface area contributed by atoms with Gasteiger partial charge in [0.05, 0.1) is 5.71 Å². The number of ether oxygens (including phenoxy) is 2. The number of hydrogen-bond acceptors (Lipinski definition) is 4. The molecule has 23 heavy (non-hydrogen) atoms. The first-order valence-electron chi connectivity index (χ1n) is 7.12. The summed E-state index contributed by atoms with van der Waals surface area (Å²) in [4.78, 5) is 12.1. The zero-order valence-electron chi connectivity index (χ0n) is 12.5. The van der Waals surface area contributed by atoms with E-state index in [9.17, 15) is 9.18 Å². The van der Waals surface area contributed by atoms with Gasteiger partial charge in [0, 0.05) is 0 Å². The maximum absolute atomic E-state index is 12.9. The topological polar surface area (TPSA) is 59.9 Å². The van der Waals surface area contributed by atoms with E-state index in [1.807, 2.05) is 6.07 Å². The number of nitrogens with one attached hydrogen (secondary N) is 1. The normalized spacial score (nSPS) is 16.8. The molecular weight excluding hydrogens is 299 g/mol. The highest BCUT2D eigenvalue weighted by molar-refractivity contribution is 5.99. The summed E-state index contributed by atoms with van der Waals surface area (Å²) < 4.78 is 24.0. The van der Waals surface area contributed by atoms with Crippen LogP contribution in [0.15, 0.2) is 53.6 Å². The summed E-state index contributed by atoms with van der Waals surface area (Å²) in [5, 5.41) is 4.01. The Balaban J connectivity index is 1.63. The zero-order chi connectivity index (χ0) is 16.2. The number of benzene rings is 2. The number of carbonyl (C=O) groups excluding carboxylic acids is 1. The lowest BCUT2D eigenvalue weighted by Crippen LogP contribution is -2.42. The molecule has 1 heterocycles. The van der Waals surface area contributed by atoms with Crippen molar-refractivity contribution in [2.75, 3.05) is 6.61 Å². The van der Waals surface area contributed by atoms with Crippen LogP contribution in [-0.2, 0) is 4.79 Å². The number of nitrogens with zero attached hydrogens (tertiary/aromatic N) is 1. The Morgan fingerprint density at radius 3 is 2.61 bits per heavy atom. The van der Waals surface area contributed by atoms with Crippen molar-refractivity contribution in [1.82, 2.24) is 5.43 Å². The number of para-hydroxylation sites is 2. The number of rotatable bonds is 3. The van der Waals surface area contributed by atoms with Gasteiger partial charge < -0.3 is 9.47 Å². The van der Waals surface area contributed by atoms with E-state index in [4.69, 9.17) is 9.47 Å². The first kappa shape index (κ1) is 15.0. The molecule has 6 heteroatoms. The number of hydrogen-bond donors (Lipinski definition) is 1. The molecule has 1 amide bonds. The molecule has 0 saturated heterocycles. The molecule has 3 rings (SSSR count). The summed E-state index contributed by atoms with van der Waals surface area (Å²) in [6, 6.07) is 13.0. The molecule has 1 aliphatic heterocycles. The van der Waals surface area contributed by atoms with Crippen LogP contribution >= 0.6 is 0 Å². The van der Waals surface area contributed by atoms with Gasteiger partial charge >= 0.3 is 0 Å². The van der Waals surface area contributed by atoms with Crippen LogP contribution in [0.4, 0.5) is 4.39 Å². The Kier molecular flexibility index (Phi) is 4.23. The van der Waals surface area contributed by atoms with Crippen molar-refractivity contribution >= 4 is 11.6 Å². The molecule has 0 spiro atoms. The third-order valence-electron chi connectivity index (χ3n) is 3.40. The zero-order valence-corrected chi connectivity index (χ0v) is 12.5. The molecule has 1 atom stereocenters. The highest BCUT2D eigenvalue weighted by Crippen LogP contribution is 2.30. The maximum atomic E-state index is 12.9. The van der Waals surface area contributed by atoms with Gasteiger partial charge in [-0.15, -0.1) is 0 Å². The van der Waals surface area contributed by atoms with Crippen LogP contribution in [-0.4, -0.2) is 24.3 Å². The average molecular weight is 314 g/mol. The second-order valence-corrected chi connectivity index (χ2v) is 5.04. The SMILES string of the molecule is CC(=NNC(=O)[C@H]1COc2ccccc2O1)c1ccc(F)cc1. The number of fused-ring (bicyclic) bond motifs is 1. The van der Waals surface area contributed by atoms with Crippen molar-refractivity contribution in [3.05, 3.63) is 59.9 Å². The van der Waals surface area contributed by atoms with E-state index in [-0.39, 0.29) is 12.4 Å². The van der Waals surface area contributed by atoms with Gasteiger partial charge in [-0.1, -0.05) is 24.3 Å². The van der Waals surface area contributed by atoms with Crippen molar-refractivity contribution in [2.24, 2.45) is 5.10 Å². The second kappa shape index (κ2) is 6.48. The van der Waals surface area contributed by atoms with Crippen molar-refractivity contribution in [3.8, 4) is 11.5 Å². The number of carbonyl (C=O) groups is 1. The Morgan fingerprint density at radius 2 is 1.87 bits per heavy atom. The molecule has 0 bridgehead atoms. The number of halogens is 1. The first-order valence-corrected chi connectivity index (χ1v) is 7.12. The fraction of sp³-hybridized carbons (Fsp3) is 0.176. The van der Waals surface area contributed by atoms with Crippen LogP contribution in [0, 0.1) is 5.82 Å². The van der Waals surface area contributed by atoms with Crippen molar-refractivity contribution in [1.29, 1.82) is 0 Å². The van der Waals surface area contributed by atoms with Crippen LogP contribution < -0.4 is 14.9 Å². The van der Waals surface area contributed by atoms with Gasteiger partial charge in [-0.05, 0) is 36.8 Å². The lowest BCUT2D eigenvalue weighted by atomic mass is 10.1. The molecule has 1 aliphatic rings. The van der Waals surface area contributed by atoms with Gasteiger partial charge in [0.1, 0.15) is 12.4 Å². The van der Waals surface area contributed by atoms with Crippen molar-refractivity contribution < 1.29 is 18.7 Å². The maximum Gasteiger partial charge on any atom is 0.284 e. The van der Waals surface area contributed by atoms with Crippen LogP contribution in [0.25, 0.3) is 0 Å². The third kappa shape index (κ3) is 3.48. The highest BCUT2D eigenvalue weighted by Gasteiger charge is 2.27. The smallest absolute Gasteiger partial charge is 0.284 e. The van der Waals surface area contributed by atoms with Gasteiger partial charge in [-0.3, -0.25) is 4.79 Å². The highest BCUT2D eigenvalue weighted by atomic mass is 19.1. The third-order valence-corrected chi connectivity index (χ3v) is 3.40. The predicted octanol–water partition coefficient (Wildman–Crippen LogP) is 2.51. The number of amides is 1. The fourth-order valence-corrected chi connectivity index (χ4v) is 2.12. The molecule has 0 aliphatic carbocycles. The molecule has 0 aromatic heterocycles. The Hall–Kier alpha value is -2.89. The fourth-order valence-electron chi connectivity index (χ4n) is 2.12. The molecule has 118 valence electrons. The summed E-state index contributed by atoms with van der Waals surface area (Å²) in [5.74, 6) is 0.415. The van der Waals surface area contributed by atoms with Crippen LogP contribution in [0.1, 0.15) is 12.5 Å². The van der Waals surface area contributed by atoms with E-state index < -0.39 is 12.0 Å². The monoisotopic (exact) mass is 314 g/mol. The number of hydrazone groups is 1. The molecule has 0 fully saturated rings. The van der Waals surface area contributed by atoms with E-state index in [1.165, 1.54) is 12.1 Å². The summed E-state index contributed by atoms with van der Waals surface area (Å²) in [7, 11) is 0. The molecule has 1 N–H and O–H groups in total. The van der Waals surface area contributed by atoms with Gasteiger partial charge in [0.25, 0.3) is 5.91 Å². The summed E-state index contributed by atoms with van der Waals surface area (Å²) >= 11 is 0. The molecule has 5 nitrogen and oxygen atoms in total. The molecule has 0 saturated carbocycles. The Bertz CT molecular complexity index is 744. The van der Waals surface area contributed by atoms with E-state index in [2.05, 4.69) is 10.5 Å². The van der Waals surface area contributed by atoms with E-state index >= 15 is 0 Å². The Labute approximate surface area is 132 Å². The predicted molar refractivity (Wildman–Crippen MR) is 83.1 cm³/mol. The quantitative estimate of drug-likeness (QED) is 0.699. The van der Waals surface area contributed by atoms with Crippen molar-refractivity contribution in [3.63, 3.8) is 0 Å². The minimum Gasteiger partial charge on any atom is -0.485 e. The van der Waals surface area contributed by atoms with Gasteiger partial charge in [-0.25, -0.2) is 9.82 Å². The minimum absolute atomic E-state index is 0.119.